The number of nitrogens with one attached hydrogen (secondary N) is 1. The van der Waals surface area contributed by atoms with Gasteiger partial charge in [-0.3, -0.25) is 9.59 Å². The number of aryl methyl sites for hydroxylation is 1. The van der Waals surface area contributed by atoms with Crippen LogP contribution in [0.5, 0.6) is 0 Å². The molecule has 2 rings (SSSR count). The molecule has 0 unspecified atom stereocenters. The van der Waals surface area contributed by atoms with Crippen molar-refractivity contribution in [1.82, 2.24) is 4.98 Å². The predicted octanol–water partition coefficient (Wildman–Crippen LogP) is 1.75. The number of primary amides is 1. The molecule has 0 radical (unpaired) electrons. The van der Waals surface area contributed by atoms with Crippen LogP contribution in [0.2, 0.25) is 0 Å². The van der Waals surface area contributed by atoms with E-state index < -0.39 is 17.5 Å². The molecule has 0 bridgehead atoms. The SMILES string of the molecule is CC(=O)Nc1nc(C)c(C(=O)OC2(C(N)=O)CCCCC2)s1. The van der Waals surface area contributed by atoms with Gasteiger partial charge in [0.1, 0.15) is 4.88 Å². The third-order valence-electron chi connectivity index (χ3n) is 3.66. The Kier molecular flexibility index (Phi) is 4.80. The molecule has 0 spiro atoms. The third-order valence-corrected chi connectivity index (χ3v) is 4.72. The van der Waals surface area contributed by atoms with Crippen molar-refractivity contribution in [3.05, 3.63) is 10.6 Å². The number of hydrogen-bond donors (Lipinski definition) is 2. The molecule has 1 aromatic rings. The minimum atomic E-state index is -1.22. The number of amides is 2. The molecule has 7 nitrogen and oxygen atoms in total. The van der Waals surface area contributed by atoms with Gasteiger partial charge >= 0.3 is 5.97 Å². The van der Waals surface area contributed by atoms with Gasteiger partial charge in [0.2, 0.25) is 5.91 Å². The fourth-order valence-corrected chi connectivity index (χ4v) is 3.42. The Morgan fingerprint density at radius 1 is 1.27 bits per heavy atom. The first-order chi connectivity index (χ1) is 10.3. The Balaban J connectivity index is 2.18. The van der Waals surface area contributed by atoms with E-state index in [-0.39, 0.29) is 10.8 Å². The topological polar surface area (TPSA) is 111 Å². The zero-order chi connectivity index (χ0) is 16.3. The van der Waals surface area contributed by atoms with Crippen LogP contribution in [-0.2, 0) is 14.3 Å². The van der Waals surface area contributed by atoms with Crippen LogP contribution in [0.4, 0.5) is 5.13 Å². The summed E-state index contributed by atoms with van der Waals surface area (Å²) >= 11 is 1.03. The molecule has 1 aliphatic carbocycles. The molecule has 1 fully saturated rings. The van der Waals surface area contributed by atoms with Gasteiger partial charge in [-0.25, -0.2) is 9.78 Å². The molecule has 0 aliphatic heterocycles. The molecule has 2 amide bonds. The molecular formula is C14H19N3O4S. The normalized spacial score (nSPS) is 16.8. The largest absolute Gasteiger partial charge is 0.445 e. The van der Waals surface area contributed by atoms with E-state index in [2.05, 4.69) is 10.3 Å². The van der Waals surface area contributed by atoms with Gasteiger partial charge in [-0.2, -0.15) is 0 Å². The van der Waals surface area contributed by atoms with E-state index in [9.17, 15) is 14.4 Å². The van der Waals surface area contributed by atoms with Crippen molar-refractivity contribution in [3.63, 3.8) is 0 Å². The summed E-state index contributed by atoms with van der Waals surface area (Å²) in [5.74, 6) is -1.49. The lowest BCUT2D eigenvalue weighted by molar-refractivity contribution is -0.140. The number of nitrogens with zero attached hydrogens (tertiary/aromatic N) is 1. The summed E-state index contributed by atoms with van der Waals surface area (Å²) in [5, 5.41) is 2.85. The zero-order valence-corrected chi connectivity index (χ0v) is 13.4. The van der Waals surface area contributed by atoms with Crippen molar-refractivity contribution in [2.45, 2.75) is 51.6 Å². The number of carbonyl (C=O) groups excluding carboxylic acids is 3. The maximum absolute atomic E-state index is 12.4. The summed E-state index contributed by atoms with van der Waals surface area (Å²) in [7, 11) is 0. The average molecular weight is 325 g/mol. The Morgan fingerprint density at radius 2 is 1.91 bits per heavy atom. The highest BCUT2D eigenvalue weighted by Gasteiger charge is 2.42. The van der Waals surface area contributed by atoms with E-state index in [1.807, 2.05) is 0 Å². The predicted molar refractivity (Wildman–Crippen MR) is 81.6 cm³/mol. The van der Waals surface area contributed by atoms with Gasteiger partial charge in [-0.1, -0.05) is 17.8 Å². The fourth-order valence-electron chi connectivity index (χ4n) is 2.54. The van der Waals surface area contributed by atoms with E-state index in [4.69, 9.17) is 10.5 Å². The second kappa shape index (κ2) is 6.43. The number of aromatic nitrogens is 1. The van der Waals surface area contributed by atoms with E-state index in [0.717, 1.165) is 30.6 Å². The van der Waals surface area contributed by atoms with Gasteiger partial charge in [-0.15, -0.1) is 0 Å². The Labute approximate surface area is 132 Å². The van der Waals surface area contributed by atoms with Crippen LogP contribution in [0.15, 0.2) is 0 Å². The summed E-state index contributed by atoms with van der Waals surface area (Å²) in [5.41, 5.74) is 4.68. The summed E-state index contributed by atoms with van der Waals surface area (Å²) in [4.78, 5) is 39.5. The molecule has 120 valence electrons. The summed E-state index contributed by atoms with van der Waals surface area (Å²) < 4.78 is 5.47. The van der Waals surface area contributed by atoms with Crippen molar-refractivity contribution in [3.8, 4) is 0 Å². The molecule has 0 atom stereocenters. The van der Waals surface area contributed by atoms with Crippen molar-refractivity contribution < 1.29 is 19.1 Å². The molecule has 1 aromatic heterocycles. The standard InChI is InChI=1S/C14H19N3O4S/c1-8-10(22-13(16-8)17-9(2)18)11(19)21-14(12(15)20)6-4-3-5-7-14/h3-7H2,1-2H3,(H2,15,20)(H,16,17,18). The minimum absolute atomic E-state index is 0.269. The van der Waals surface area contributed by atoms with Gasteiger partial charge in [0.25, 0.3) is 5.91 Å². The number of thiazole rings is 1. The Morgan fingerprint density at radius 3 is 2.45 bits per heavy atom. The first kappa shape index (κ1) is 16.4. The van der Waals surface area contributed by atoms with E-state index in [1.54, 1.807) is 6.92 Å². The Hall–Kier alpha value is -1.96. The number of carbonyl (C=O) groups is 3. The molecular weight excluding hydrogens is 306 g/mol. The zero-order valence-electron chi connectivity index (χ0n) is 12.6. The van der Waals surface area contributed by atoms with Gasteiger partial charge in [0.15, 0.2) is 10.7 Å². The number of esters is 1. The third kappa shape index (κ3) is 3.44. The molecule has 22 heavy (non-hydrogen) atoms. The van der Waals surface area contributed by atoms with Gasteiger partial charge in [0, 0.05) is 6.92 Å². The summed E-state index contributed by atoms with van der Waals surface area (Å²) in [6.07, 6.45) is 3.50. The fraction of sp³-hybridized carbons (Fsp3) is 0.571. The van der Waals surface area contributed by atoms with Gasteiger partial charge in [0.05, 0.1) is 5.69 Å². The summed E-state index contributed by atoms with van der Waals surface area (Å²) in [6, 6.07) is 0. The molecule has 1 heterocycles. The van der Waals surface area contributed by atoms with Crippen LogP contribution in [0.1, 0.15) is 54.4 Å². The maximum Gasteiger partial charge on any atom is 0.351 e. The van der Waals surface area contributed by atoms with Crippen molar-refractivity contribution in [1.29, 1.82) is 0 Å². The van der Waals surface area contributed by atoms with Crippen LogP contribution >= 0.6 is 11.3 Å². The number of anilines is 1. The van der Waals surface area contributed by atoms with Crippen LogP contribution in [0, 0.1) is 6.92 Å². The molecule has 3 N–H and O–H groups in total. The first-order valence-electron chi connectivity index (χ1n) is 7.12. The lowest BCUT2D eigenvalue weighted by Crippen LogP contribution is -2.49. The molecule has 1 aliphatic rings. The highest BCUT2D eigenvalue weighted by Crippen LogP contribution is 2.33. The van der Waals surface area contributed by atoms with E-state index >= 15 is 0 Å². The van der Waals surface area contributed by atoms with Gasteiger partial charge < -0.3 is 15.8 Å². The molecule has 0 saturated heterocycles. The van der Waals surface area contributed by atoms with Crippen LogP contribution in [0.3, 0.4) is 0 Å². The highest BCUT2D eigenvalue weighted by molar-refractivity contribution is 7.17. The Bertz CT molecular complexity index is 605. The number of rotatable bonds is 4. The minimum Gasteiger partial charge on any atom is -0.445 e. The quantitative estimate of drug-likeness (QED) is 0.819. The smallest absolute Gasteiger partial charge is 0.351 e. The summed E-state index contributed by atoms with van der Waals surface area (Å²) in [6.45, 7) is 3.01. The average Bonchev–Trinajstić information content (AvgIpc) is 2.79. The van der Waals surface area contributed by atoms with Crippen LogP contribution < -0.4 is 11.1 Å². The second-order valence-electron chi connectivity index (χ2n) is 5.42. The van der Waals surface area contributed by atoms with E-state index in [0.29, 0.717) is 23.7 Å². The number of nitrogens with two attached hydrogens (primary N) is 1. The highest BCUT2D eigenvalue weighted by atomic mass is 32.1. The lowest BCUT2D eigenvalue weighted by atomic mass is 9.84. The van der Waals surface area contributed by atoms with Crippen LogP contribution in [0.25, 0.3) is 0 Å². The lowest BCUT2D eigenvalue weighted by Gasteiger charge is -2.33. The molecule has 0 aromatic carbocycles. The van der Waals surface area contributed by atoms with E-state index in [1.165, 1.54) is 6.92 Å². The van der Waals surface area contributed by atoms with Gasteiger partial charge in [-0.05, 0) is 32.6 Å². The van der Waals surface area contributed by atoms with Crippen LogP contribution in [-0.4, -0.2) is 28.4 Å². The number of ether oxygens (including phenoxy) is 1. The maximum atomic E-state index is 12.4. The van der Waals surface area contributed by atoms with Crippen molar-refractivity contribution >= 4 is 34.3 Å². The first-order valence-corrected chi connectivity index (χ1v) is 7.94. The van der Waals surface area contributed by atoms with Crippen molar-refractivity contribution in [2.24, 2.45) is 5.73 Å². The monoisotopic (exact) mass is 325 g/mol. The van der Waals surface area contributed by atoms with Crippen molar-refractivity contribution in [2.75, 3.05) is 5.32 Å². The second-order valence-corrected chi connectivity index (χ2v) is 6.42. The molecule has 8 heteroatoms. The number of hydrogen-bond acceptors (Lipinski definition) is 6. The molecule has 1 saturated carbocycles.